The van der Waals surface area contributed by atoms with Crippen molar-refractivity contribution in [3.05, 3.63) is 53.3 Å². The molecule has 2 aromatic rings. The van der Waals surface area contributed by atoms with Gasteiger partial charge in [0.2, 0.25) is 0 Å². The predicted molar refractivity (Wildman–Crippen MR) is 132 cm³/mol. The monoisotopic (exact) mass is 469 g/mol. The minimum Gasteiger partial charge on any atom is -0.493 e. The Balaban J connectivity index is 1.52. The van der Waals surface area contributed by atoms with Crippen LogP contribution in [0, 0.1) is 12.7 Å². The van der Waals surface area contributed by atoms with Crippen LogP contribution in [-0.4, -0.2) is 49.8 Å². The Morgan fingerprint density at radius 1 is 1.12 bits per heavy atom. The number of carbonyl (C=O) groups is 1. The van der Waals surface area contributed by atoms with Crippen LogP contribution in [0.2, 0.25) is 0 Å². The fourth-order valence-corrected chi connectivity index (χ4v) is 5.84. The zero-order valence-electron chi connectivity index (χ0n) is 20.8. The number of halogens is 1. The van der Waals surface area contributed by atoms with Crippen molar-refractivity contribution in [2.24, 2.45) is 0 Å². The van der Waals surface area contributed by atoms with Crippen molar-refractivity contribution in [2.75, 3.05) is 26.1 Å². The number of urea groups is 1. The highest BCUT2D eigenvalue weighted by molar-refractivity contribution is 5.89. The third-order valence-electron chi connectivity index (χ3n) is 7.69. The zero-order chi connectivity index (χ0) is 24.5. The summed E-state index contributed by atoms with van der Waals surface area (Å²) in [5.74, 6) is 1.16. The SMILES string of the molecule is COc1ccc([C@@]23CC[C@H](NC(=O)Nc4ccc(C)c(F)c4)C[C@H]2N(C(C)C)CC3)cc1OC. The van der Waals surface area contributed by atoms with E-state index in [1.165, 1.54) is 11.6 Å². The van der Waals surface area contributed by atoms with E-state index in [4.69, 9.17) is 9.47 Å². The smallest absolute Gasteiger partial charge is 0.319 e. The van der Waals surface area contributed by atoms with Gasteiger partial charge in [-0.3, -0.25) is 4.90 Å². The second-order valence-electron chi connectivity index (χ2n) is 9.86. The highest BCUT2D eigenvalue weighted by Gasteiger charge is 2.52. The lowest BCUT2D eigenvalue weighted by Crippen LogP contribution is -2.54. The molecule has 6 nitrogen and oxygen atoms in total. The number of rotatable bonds is 6. The molecule has 2 fully saturated rings. The Morgan fingerprint density at radius 3 is 2.56 bits per heavy atom. The molecule has 1 aliphatic carbocycles. The van der Waals surface area contributed by atoms with Crippen LogP contribution in [0.25, 0.3) is 0 Å². The number of amides is 2. The molecule has 34 heavy (non-hydrogen) atoms. The molecule has 2 amide bonds. The number of carbonyl (C=O) groups excluding carboxylic acids is 1. The molecule has 0 bridgehead atoms. The molecule has 2 N–H and O–H groups in total. The van der Waals surface area contributed by atoms with E-state index in [1.54, 1.807) is 33.3 Å². The van der Waals surface area contributed by atoms with Crippen molar-refractivity contribution in [1.29, 1.82) is 0 Å². The van der Waals surface area contributed by atoms with E-state index in [1.807, 2.05) is 6.07 Å². The quantitative estimate of drug-likeness (QED) is 0.607. The largest absolute Gasteiger partial charge is 0.493 e. The number of aryl methyl sites for hydroxylation is 1. The Kier molecular flexibility index (Phi) is 7.03. The van der Waals surface area contributed by atoms with E-state index in [-0.39, 0.29) is 23.3 Å². The van der Waals surface area contributed by atoms with E-state index in [2.05, 4.69) is 41.5 Å². The van der Waals surface area contributed by atoms with Crippen LogP contribution >= 0.6 is 0 Å². The van der Waals surface area contributed by atoms with Gasteiger partial charge in [0.15, 0.2) is 11.5 Å². The number of ether oxygens (including phenoxy) is 2. The number of nitrogens with one attached hydrogen (secondary N) is 2. The average Bonchev–Trinajstić information content (AvgIpc) is 3.21. The molecule has 1 heterocycles. The van der Waals surface area contributed by atoms with Gasteiger partial charge in [0, 0.05) is 29.2 Å². The lowest BCUT2D eigenvalue weighted by molar-refractivity contribution is 0.113. The van der Waals surface area contributed by atoms with Crippen LogP contribution < -0.4 is 20.1 Å². The standard InChI is InChI=1S/C27H36FN3O3/c1-17(2)31-13-12-27(19-7-9-23(33-4)24(14-19)34-5)11-10-21(16-25(27)31)30-26(32)29-20-8-6-18(3)22(28)15-20/h6-9,14-15,17,21,25H,10-13,16H2,1-5H3,(H2,29,30,32)/t21-,25+,27-/m0/s1. The maximum atomic E-state index is 13.9. The van der Waals surface area contributed by atoms with E-state index in [0.29, 0.717) is 23.3 Å². The summed E-state index contributed by atoms with van der Waals surface area (Å²) in [5.41, 5.74) is 2.30. The first-order chi connectivity index (χ1) is 16.3. The number of hydrogen-bond acceptors (Lipinski definition) is 4. The predicted octanol–water partition coefficient (Wildman–Crippen LogP) is 5.25. The summed E-state index contributed by atoms with van der Waals surface area (Å²) < 4.78 is 24.9. The molecule has 0 unspecified atom stereocenters. The summed E-state index contributed by atoms with van der Waals surface area (Å²) in [4.78, 5) is 15.3. The van der Waals surface area contributed by atoms with Gasteiger partial charge >= 0.3 is 6.03 Å². The molecule has 184 valence electrons. The molecule has 7 heteroatoms. The Bertz CT molecular complexity index is 1040. The van der Waals surface area contributed by atoms with Crippen molar-refractivity contribution < 1.29 is 18.7 Å². The van der Waals surface area contributed by atoms with Crippen molar-refractivity contribution in [2.45, 2.75) is 70.0 Å². The maximum Gasteiger partial charge on any atom is 0.319 e. The van der Waals surface area contributed by atoms with Crippen LogP contribution in [0.5, 0.6) is 11.5 Å². The van der Waals surface area contributed by atoms with Gasteiger partial charge in [-0.2, -0.15) is 0 Å². The van der Waals surface area contributed by atoms with Gasteiger partial charge in [-0.1, -0.05) is 12.1 Å². The molecule has 1 saturated heterocycles. The molecule has 0 spiro atoms. The van der Waals surface area contributed by atoms with Crippen LogP contribution in [-0.2, 0) is 5.41 Å². The van der Waals surface area contributed by atoms with Crippen molar-refractivity contribution in [3.8, 4) is 11.5 Å². The highest BCUT2D eigenvalue weighted by atomic mass is 19.1. The number of methoxy groups -OCH3 is 2. The van der Waals surface area contributed by atoms with Gasteiger partial charge < -0.3 is 20.1 Å². The van der Waals surface area contributed by atoms with Crippen LogP contribution in [0.3, 0.4) is 0 Å². The third-order valence-corrected chi connectivity index (χ3v) is 7.69. The molecule has 0 radical (unpaired) electrons. The minimum atomic E-state index is -0.325. The van der Waals surface area contributed by atoms with Crippen molar-refractivity contribution >= 4 is 11.7 Å². The normalized spacial score (nSPS) is 24.6. The topological polar surface area (TPSA) is 62.8 Å². The highest BCUT2D eigenvalue weighted by Crippen LogP contribution is 2.50. The molecule has 1 saturated carbocycles. The van der Waals surface area contributed by atoms with E-state index < -0.39 is 0 Å². The maximum absolute atomic E-state index is 13.9. The Hall–Kier alpha value is -2.80. The van der Waals surface area contributed by atoms with Crippen LogP contribution in [0.1, 0.15) is 50.7 Å². The first kappa shape index (κ1) is 24.3. The number of likely N-dealkylation sites (tertiary alicyclic amines) is 1. The summed E-state index contributed by atoms with van der Waals surface area (Å²) in [6.07, 6.45) is 3.79. The average molecular weight is 470 g/mol. The van der Waals surface area contributed by atoms with Gasteiger partial charge in [0.25, 0.3) is 0 Å². The second kappa shape index (κ2) is 9.82. The zero-order valence-corrected chi connectivity index (χ0v) is 20.8. The number of benzene rings is 2. The number of anilines is 1. The summed E-state index contributed by atoms with van der Waals surface area (Å²) in [5, 5.41) is 5.92. The Labute approximate surface area is 201 Å². The van der Waals surface area contributed by atoms with Gasteiger partial charge in [0.05, 0.1) is 14.2 Å². The van der Waals surface area contributed by atoms with Crippen LogP contribution in [0.15, 0.2) is 36.4 Å². The summed E-state index contributed by atoms with van der Waals surface area (Å²) >= 11 is 0. The summed E-state index contributed by atoms with van der Waals surface area (Å²) in [7, 11) is 3.33. The lowest BCUT2D eigenvalue weighted by Gasteiger charge is -2.46. The van der Waals surface area contributed by atoms with Gasteiger partial charge in [0.1, 0.15) is 5.82 Å². The van der Waals surface area contributed by atoms with E-state index in [9.17, 15) is 9.18 Å². The molecule has 1 aliphatic heterocycles. The molecule has 3 atom stereocenters. The van der Waals surface area contributed by atoms with Gasteiger partial charge in [-0.25, -0.2) is 9.18 Å². The second-order valence-corrected chi connectivity index (χ2v) is 9.86. The molecular formula is C27H36FN3O3. The number of hydrogen-bond donors (Lipinski definition) is 2. The Morgan fingerprint density at radius 2 is 1.88 bits per heavy atom. The van der Waals surface area contributed by atoms with Gasteiger partial charge in [-0.05, 0) is 88.4 Å². The fraction of sp³-hybridized carbons (Fsp3) is 0.519. The third kappa shape index (κ3) is 4.58. The first-order valence-electron chi connectivity index (χ1n) is 12.1. The fourth-order valence-electron chi connectivity index (χ4n) is 5.84. The molecule has 2 aromatic carbocycles. The molecule has 0 aromatic heterocycles. The van der Waals surface area contributed by atoms with Crippen molar-refractivity contribution in [3.63, 3.8) is 0 Å². The summed E-state index contributed by atoms with van der Waals surface area (Å²) in [6, 6.07) is 11.5. The molecular weight excluding hydrogens is 433 g/mol. The first-order valence-corrected chi connectivity index (χ1v) is 12.1. The van der Waals surface area contributed by atoms with Gasteiger partial charge in [-0.15, -0.1) is 0 Å². The minimum absolute atomic E-state index is 0.0125. The summed E-state index contributed by atoms with van der Waals surface area (Å²) in [6.45, 7) is 7.20. The number of nitrogens with zero attached hydrogens (tertiary/aromatic N) is 1. The van der Waals surface area contributed by atoms with E-state index >= 15 is 0 Å². The van der Waals surface area contributed by atoms with Crippen molar-refractivity contribution in [1.82, 2.24) is 10.2 Å². The van der Waals surface area contributed by atoms with Crippen LogP contribution in [0.4, 0.5) is 14.9 Å². The molecule has 2 aliphatic rings. The molecule has 4 rings (SSSR count). The van der Waals surface area contributed by atoms with E-state index in [0.717, 1.165) is 43.7 Å². The lowest BCUT2D eigenvalue weighted by atomic mass is 9.65. The number of fused-ring (bicyclic) bond motifs is 1.